The van der Waals surface area contributed by atoms with Crippen molar-refractivity contribution >= 4 is 17.8 Å². The van der Waals surface area contributed by atoms with Crippen LogP contribution in [0.2, 0.25) is 0 Å². The zero-order chi connectivity index (χ0) is 20.6. The Balaban J connectivity index is 1.43. The molecule has 1 aromatic rings. The number of ether oxygens (including phenoxy) is 2. The summed E-state index contributed by atoms with van der Waals surface area (Å²) >= 11 is 0. The summed E-state index contributed by atoms with van der Waals surface area (Å²) in [5.41, 5.74) is 0.937. The number of urea groups is 1. The quantitative estimate of drug-likeness (QED) is 0.609. The van der Waals surface area contributed by atoms with Crippen molar-refractivity contribution in [1.82, 2.24) is 15.5 Å². The minimum Gasteiger partial charge on any atom is -0.496 e. The third-order valence-electron chi connectivity index (χ3n) is 5.49. The van der Waals surface area contributed by atoms with Crippen LogP contribution in [0.15, 0.2) is 24.3 Å². The Morgan fingerprint density at radius 1 is 1.28 bits per heavy atom. The second kappa shape index (κ2) is 10.2. The number of methoxy groups -OCH3 is 1. The van der Waals surface area contributed by atoms with E-state index in [1.807, 2.05) is 24.3 Å². The first-order valence-electron chi connectivity index (χ1n) is 10.2. The minimum absolute atomic E-state index is 0.0917. The van der Waals surface area contributed by atoms with Crippen LogP contribution in [0.5, 0.6) is 5.75 Å². The maximum absolute atomic E-state index is 12.6. The summed E-state index contributed by atoms with van der Waals surface area (Å²) in [5.74, 6) is 0.816. The molecule has 8 heteroatoms. The third kappa shape index (κ3) is 5.69. The summed E-state index contributed by atoms with van der Waals surface area (Å²) < 4.78 is 10.6. The normalized spacial score (nSPS) is 19.9. The van der Waals surface area contributed by atoms with Gasteiger partial charge in [-0.25, -0.2) is 4.79 Å². The van der Waals surface area contributed by atoms with Crippen molar-refractivity contribution in [2.75, 3.05) is 33.4 Å². The Kier molecular flexibility index (Phi) is 7.46. The van der Waals surface area contributed by atoms with E-state index in [2.05, 4.69) is 10.6 Å². The lowest BCUT2D eigenvalue weighted by atomic mass is 10.0. The number of hydrogen-bond acceptors (Lipinski definition) is 5. The number of carbonyl (C=O) groups excluding carboxylic acids is 3. The maximum Gasteiger partial charge on any atom is 0.324 e. The molecule has 2 aliphatic heterocycles. The van der Waals surface area contributed by atoms with Crippen LogP contribution in [0.1, 0.15) is 31.2 Å². The van der Waals surface area contributed by atoms with Crippen LogP contribution in [0.4, 0.5) is 4.79 Å². The largest absolute Gasteiger partial charge is 0.496 e. The fourth-order valence-electron chi connectivity index (χ4n) is 3.70. The molecule has 2 fully saturated rings. The number of rotatable bonds is 9. The highest BCUT2D eigenvalue weighted by molar-refractivity contribution is 6.04. The highest BCUT2D eigenvalue weighted by Gasteiger charge is 2.37. The van der Waals surface area contributed by atoms with Crippen molar-refractivity contribution in [1.29, 1.82) is 0 Å². The van der Waals surface area contributed by atoms with Gasteiger partial charge in [0.05, 0.1) is 7.11 Å². The fourth-order valence-corrected chi connectivity index (χ4v) is 3.70. The Bertz CT molecular complexity index is 733. The van der Waals surface area contributed by atoms with Gasteiger partial charge in [-0.1, -0.05) is 18.2 Å². The first-order valence-corrected chi connectivity index (χ1v) is 10.2. The summed E-state index contributed by atoms with van der Waals surface area (Å²) in [6.07, 6.45) is 2.94. The molecule has 2 saturated heterocycles. The Hall–Kier alpha value is -2.61. The summed E-state index contributed by atoms with van der Waals surface area (Å²) in [7, 11) is 1.59. The van der Waals surface area contributed by atoms with Crippen LogP contribution >= 0.6 is 0 Å². The maximum atomic E-state index is 12.6. The number of imide groups is 1. The highest BCUT2D eigenvalue weighted by atomic mass is 16.5. The van der Waals surface area contributed by atoms with Crippen molar-refractivity contribution < 1.29 is 23.9 Å². The molecule has 0 aromatic heterocycles. The minimum atomic E-state index is -0.644. The number of carbonyl (C=O) groups is 3. The van der Waals surface area contributed by atoms with E-state index in [-0.39, 0.29) is 24.8 Å². The predicted octanol–water partition coefficient (Wildman–Crippen LogP) is 1.48. The molecule has 0 bridgehead atoms. The van der Waals surface area contributed by atoms with E-state index in [4.69, 9.17) is 9.47 Å². The van der Waals surface area contributed by atoms with Crippen molar-refractivity contribution in [3.8, 4) is 5.75 Å². The Labute approximate surface area is 170 Å². The van der Waals surface area contributed by atoms with Crippen molar-refractivity contribution in [2.45, 2.75) is 38.1 Å². The summed E-state index contributed by atoms with van der Waals surface area (Å²) in [5, 5.41) is 5.62. The van der Waals surface area contributed by atoms with Gasteiger partial charge < -0.3 is 20.1 Å². The van der Waals surface area contributed by atoms with E-state index in [1.54, 1.807) is 7.11 Å². The molecule has 0 saturated carbocycles. The molecule has 1 atom stereocenters. The van der Waals surface area contributed by atoms with Crippen LogP contribution in [-0.2, 0) is 20.7 Å². The summed E-state index contributed by atoms with van der Waals surface area (Å²) in [6.45, 7) is 2.40. The van der Waals surface area contributed by atoms with Crippen molar-refractivity contribution in [3.63, 3.8) is 0 Å². The van der Waals surface area contributed by atoms with E-state index in [0.717, 1.165) is 37.4 Å². The van der Waals surface area contributed by atoms with E-state index in [0.29, 0.717) is 25.3 Å². The van der Waals surface area contributed by atoms with Gasteiger partial charge in [0, 0.05) is 32.7 Å². The Morgan fingerprint density at radius 2 is 2.03 bits per heavy atom. The van der Waals surface area contributed by atoms with Gasteiger partial charge in [0.15, 0.2) is 0 Å². The standard InChI is InChI=1S/C21H29N3O5/c1-28-18-5-3-2-4-16(18)8-11-24-20(26)17(23-21(24)27)6-7-19(25)22-14-15-9-12-29-13-10-15/h2-5,15,17H,6-14H2,1H3,(H,22,25)(H,23,27)/t17-/m1/s1. The molecule has 2 heterocycles. The van der Waals surface area contributed by atoms with Crippen LogP contribution in [0.3, 0.4) is 0 Å². The molecule has 0 radical (unpaired) electrons. The molecule has 2 aliphatic rings. The molecule has 29 heavy (non-hydrogen) atoms. The van der Waals surface area contributed by atoms with Gasteiger partial charge in [0.2, 0.25) is 5.91 Å². The summed E-state index contributed by atoms with van der Waals surface area (Å²) in [4.78, 5) is 38.1. The second-order valence-corrected chi connectivity index (χ2v) is 7.45. The topological polar surface area (TPSA) is 97.0 Å². The lowest BCUT2D eigenvalue weighted by Crippen LogP contribution is -2.35. The number of nitrogens with zero attached hydrogens (tertiary/aromatic N) is 1. The van der Waals surface area contributed by atoms with Crippen LogP contribution in [0.25, 0.3) is 0 Å². The molecule has 0 spiro atoms. The predicted molar refractivity (Wildman–Crippen MR) is 107 cm³/mol. The van der Waals surface area contributed by atoms with Gasteiger partial charge in [-0.15, -0.1) is 0 Å². The number of amides is 4. The lowest BCUT2D eigenvalue weighted by Gasteiger charge is -2.22. The molecular weight excluding hydrogens is 374 g/mol. The molecule has 3 rings (SSSR count). The van der Waals surface area contributed by atoms with Gasteiger partial charge in [-0.2, -0.15) is 0 Å². The van der Waals surface area contributed by atoms with Crippen LogP contribution < -0.4 is 15.4 Å². The van der Waals surface area contributed by atoms with Crippen LogP contribution in [0, 0.1) is 5.92 Å². The molecule has 0 unspecified atom stereocenters. The van der Waals surface area contributed by atoms with Gasteiger partial charge >= 0.3 is 6.03 Å². The smallest absolute Gasteiger partial charge is 0.324 e. The Morgan fingerprint density at radius 3 is 2.79 bits per heavy atom. The number of nitrogens with one attached hydrogen (secondary N) is 2. The third-order valence-corrected chi connectivity index (χ3v) is 5.49. The van der Waals surface area contributed by atoms with E-state index >= 15 is 0 Å². The molecule has 2 N–H and O–H groups in total. The second-order valence-electron chi connectivity index (χ2n) is 7.45. The summed E-state index contributed by atoms with van der Waals surface area (Å²) in [6, 6.07) is 6.48. The molecular formula is C21H29N3O5. The average Bonchev–Trinajstić information content (AvgIpc) is 3.02. The van der Waals surface area contributed by atoms with Gasteiger partial charge in [0.25, 0.3) is 5.91 Å². The van der Waals surface area contributed by atoms with Gasteiger partial charge in [0.1, 0.15) is 11.8 Å². The van der Waals surface area contributed by atoms with Gasteiger partial charge in [-0.05, 0) is 43.2 Å². The van der Waals surface area contributed by atoms with Crippen molar-refractivity contribution in [2.24, 2.45) is 5.92 Å². The number of hydrogen-bond donors (Lipinski definition) is 2. The van der Waals surface area contributed by atoms with Crippen LogP contribution in [-0.4, -0.2) is 62.2 Å². The first kappa shape index (κ1) is 21.1. The lowest BCUT2D eigenvalue weighted by molar-refractivity contribution is -0.127. The molecule has 8 nitrogen and oxygen atoms in total. The number of benzene rings is 1. The molecule has 1 aromatic carbocycles. The van der Waals surface area contributed by atoms with E-state index in [1.165, 1.54) is 4.90 Å². The van der Waals surface area contributed by atoms with E-state index < -0.39 is 12.1 Å². The zero-order valence-corrected chi connectivity index (χ0v) is 16.8. The van der Waals surface area contributed by atoms with E-state index in [9.17, 15) is 14.4 Å². The molecule has 4 amide bonds. The molecule has 158 valence electrons. The SMILES string of the molecule is COc1ccccc1CCN1C(=O)N[C@H](CCC(=O)NCC2CCOCC2)C1=O. The van der Waals surface area contributed by atoms with Crippen molar-refractivity contribution in [3.05, 3.63) is 29.8 Å². The van der Waals surface area contributed by atoms with Gasteiger partial charge in [-0.3, -0.25) is 14.5 Å². The zero-order valence-electron chi connectivity index (χ0n) is 16.8. The fraction of sp³-hybridized carbons (Fsp3) is 0.571. The molecule has 0 aliphatic carbocycles. The highest BCUT2D eigenvalue weighted by Crippen LogP contribution is 2.19. The first-order chi connectivity index (χ1) is 14.1. The number of para-hydroxylation sites is 1. The monoisotopic (exact) mass is 403 g/mol. The average molecular weight is 403 g/mol.